The Morgan fingerprint density at radius 1 is 0.974 bits per heavy atom. The van der Waals surface area contributed by atoms with Crippen molar-refractivity contribution in [2.45, 2.75) is 45.3 Å². The second-order valence-electron chi connectivity index (χ2n) is 9.92. The minimum Gasteiger partial charge on any atom is -0.497 e. The fourth-order valence-electron chi connectivity index (χ4n) is 4.94. The highest BCUT2D eigenvalue weighted by molar-refractivity contribution is 5.79. The third-order valence-corrected chi connectivity index (χ3v) is 7.16. The summed E-state index contributed by atoms with van der Waals surface area (Å²) in [7, 11) is 1.65. The van der Waals surface area contributed by atoms with Gasteiger partial charge in [0.25, 0.3) is 5.89 Å². The maximum absolute atomic E-state index is 13.6. The van der Waals surface area contributed by atoms with Gasteiger partial charge in [-0.15, -0.1) is 0 Å². The summed E-state index contributed by atoms with van der Waals surface area (Å²) in [6.45, 7) is 5.09. The molecule has 0 saturated carbocycles. The molecule has 0 spiro atoms. The topological polar surface area (TPSA) is 71.7 Å². The van der Waals surface area contributed by atoms with Crippen LogP contribution in [0.1, 0.15) is 35.4 Å². The second-order valence-corrected chi connectivity index (χ2v) is 9.92. The summed E-state index contributed by atoms with van der Waals surface area (Å²) in [6, 6.07) is 26.2. The van der Waals surface area contributed by atoms with Crippen LogP contribution in [0.4, 0.5) is 0 Å². The first-order chi connectivity index (χ1) is 18.6. The van der Waals surface area contributed by atoms with Crippen molar-refractivity contribution in [2.24, 2.45) is 0 Å². The van der Waals surface area contributed by atoms with E-state index in [-0.39, 0.29) is 11.9 Å². The van der Waals surface area contributed by atoms with E-state index in [9.17, 15) is 4.79 Å². The predicted molar refractivity (Wildman–Crippen MR) is 146 cm³/mol. The lowest BCUT2D eigenvalue weighted by Crippen LogP contribution is -2.47. The van der Waals surface area contributed by atoms with Crippen LogP contribution < -0.4 is 4.74 Å². The van der Waals surface area contributed by atoms with Crippen LogP contribution in [0.2, 0.25) is 0 Å². The van der Waals surface area contributed by atoms with E-state index >= 15 is 0 Å². The minimum atomic E-state index is 0.153. The Hall–Kier alpha value is -3.97. The van der Waals surface area contributed by atoms with E-state index in [1.54, 1.807) is 7.11 Å². The SMILES string of the molecule is COc1ccc(CC(=O)N(Cc2ccc(C)cc2)C2CCN(Cc3noc(-c4ccccc4)n3)CC2)cc1. The van der Waals surface area contributed by atoms with E-state index in [4.69, 9.17) is 9.26 Å². The lowest BCUT2D eigenvalue weighted by Gasteiger charge is -2.38. The standard InChI is InChI=1S/C31H34N4O3/c1-23-8-10-25(11-9-23)21-35(30(36)20-24-12-14-28(37-2)15-13-24)27-16-18-34(19-17-27)22-29-32-31(38-33-29)26-6-4-3-5-7-26/h3-15,27H,16-22H2,1-2H3. The summed E-state index contributed by atoms with van der Waals surface area (Å²) in [5.74, 6) is 2.18. The molecule has 2 heterocycles. The van der Waals surface area contributed by atoms with Gasteiger partial charge in [-0.2, -0.15) is 4.98 Å². The van der Waals surface area contributed by atoms with Gasteiger partial charge in [0.1, 0.15) is 5.75 Å². The molecule has 5 rings (SSSR count). The van der Waals surface area contributed by atoms with Gasteiger partial charge in [0.05, 0.1) is 20.1 Å². The molecule has 4 aromatic rings. The molecule has 1 aliphatic rings. The average molecular weight is 511 g/mol. The van der Waals surface area contributed by atoms with Crippen LogP contribution in [-0.4, -0.2) is 52.1 Å². The zero-order chi connectivity index (χ0) is 26.3. The molecule has 0 unspecified atom stereocenters. The molecule has 7 nitrogen and oxygen atoms in total. The molecule has 0 bridgehead atoms. The largest absolute Gasteiger partial charge is 0.497 e. The van der Waals surface area contributed by atoms with Gasteiger partial charge in [-0.1, -0.05) is 65.3 Å². The first kappa shape index (κ1) is 25.7. The van der Waals surface area contributed by atoms with Gasteiger partial charge in [0.15, 0.2) is 5.82 Å². The number of methoxy groups -OCH3 is 1. The molecule has 1 saturated heterocycles. The Morgan fingerprint density at radius 3 is 2.34 bits per heavy atom. The van der Waals surface area contributed by atoms with Crippen LogP contribution in [0.3, 0.4) is 0 Å². The Kier molecular flexibility index (Phi) is 8.14. The van der Waals surface area contributed by atoms with Crippen molar-refractivity contribution >= 4 is 5.91 Å². The van der Waals surface area contributed by atoms with Gasteiger partial charge < -0.3 is 14.2 Å². The van der Waals surface area contributed by atoms with E-state index in [1.807, 2.05) is 54.6 Å². The Bertz CT molecular complexity index is 1310. The number of nitrogens with zero attached hydrogens (tertiary/aromatic N) is 4. The molecule has 0 aliphatic carbocycles. The van der Waals surface area contributed by atoms with Gasteiger partial charge in [-0.05, 0) is 55.2 Å². The van der Waals surface area contributed by atoms with Crippen LogP contribution in [-0.2, 0) is 24.3 Å². The van der Waals surface area contributed by atoms with Crippen molar-refractivity contribution in [1.82, 2.24) is 19.9 Å². The van der Waals surface area contributed by atoms with Crippen molar-refractivity contribution in [2.75, 3.05) is 20.2 Å². The van der Waals surface area contributed by atoms with E-state index in [0.29, 0.717) is 31.2 Å². The Balaban J connectivity index is 1.23. The number of hydrogen-bond acceptors (Lipinski definition) is 6. The van der Waals surface area contributed by atoms with Crippen molar-refractivity contribution < 1.29 is 14.1 Å². The van der Waals surface area contributed by atoms with Crippen molar-refractivity contribution in [3.8, 4) is 17.2 Å². The molecule has 1 fully saturated rings. The van der Waals surface area contributed by atoms with Crippen LogP contribution >= 0.6 is 0 Å². The van der Waals surface area contributed by atoms with Crippen LogP contribution in [0.25, 0.3) is 11.5 Å². The number of benzene rings is 3. The maximum Gasteiger partial charge on any atom is 0.257 e. The molecule has 196 valence electrons. The van der Waals surface area contributed by atoms with Gasteiger partial charge in [-0.3, -0.25) is 9.69 Å². The van der Waals surface area contributed by atoms with E-state index in [2.05, 4.69) is 51.1 Å². The van der Waals surface area contributed by atoms with Crippen molar-refractivity contribution in [3.05, 3.63) is 101 Å². The third-order valence-electron chi connectivity index (χ3n) is 7.16. The zero-order valence-electron chi connectivity index (χ0n) is 22.0. The zero-order valence-corrected chi connectivity index (χ0v) is 22.0. The number of likely N-dealkylation sites (tertiary alicyclic amines) is 1. The van der Waals surface area contributed by atoms with Gasteiger partial charge in [0.2, 0.25) is 5.91 Å². The summed E-state index contributed by atoms with van der Waals surface area (Å²) in [4.78, 5) is 22.6. The second kappa shape index (κ2) is 12.0. The molecule has 3 aromatic carbocycles. The number of ether oxygens (including phenoxy) is 1. The Labute approximate surface area is 224 Å². The normalized spacial score (nSPS) is 14.4. The van der Waals surface area contributed by atoms with Gasteiger partial charge in [-0.25, -0.2) is 0 Å². The van der Waals surface area contributed by atoms with Gasteiger partial charge >= 0.3 is 0 Å². The fraction of sp³-hybridized carbons (Fsp3) is 0.323. The summed E-state index contributed by atoms with van der Waals surface area (Å²) in [6.07, 6.45) is 2.19. The number of aryl methyl sites for hydroxylation is 1. The first-order valence-corrected chi connectivity index (χ1v) is 13.2. The predicted octanol–water partition coefficient (Wildman–Crippen LogP) is 5.29. The molecule has 1 aromatic heterocycles. The third kappa shape index (κ3) is 6.47. The highest BCUT2D eigenvalue weighted by atomic mass is 16.5. The van der Waals surface area contributed by atoms with Crippen LogP contribution in [0.15, 0.2) is 83.4 Å². The number of hydrogen-bond donors (Lipinski definition) is 0. The van der Waals surface area contributed by atoms with Gasteiger partial charge in [0, 0.05) is 31.2 Å². The number of rotatable bonds is 9. The summed E-state index contributed by atoms with van der Waals surface area (Å²) >= 11 is 0. The number of aromatic nitrogens is 2. The molecule has 1 aliphatic heterocycles. The highest BCUT2D eigenvalue weighted by Gasteiger charge is 2.29. The van der Waals surface area contributed by atoms with Crippen molar-refractivity contribution in [1.29, 1.82) is 0 Å². The Morgan fingerprint density at radius 2 is 1.66 bits per heavy atom. The van der Waals surface area contributed by atoms with E-state index in [0.717, 1.165) is 48.4 Å². The number of piperidine rings is 1. The molecule has 7 heteroatoms. The lowest BCUT2D eigenvalue weighted by atomic mass is 10.0. The number of carbonyl (C=O) groups excluding carboxylic acids is 1. The molecule has 38 heavy (non-hydrogen) atoms. The van der Waals surface area contributed by atoms with Crippen LogP contribution in [0.5, 0.6) is 5.75 Å². The number of carbonyl (C=O) groups is 1. The molecule has 0 N–H and O–H groups in total. The van der Waals surface area contributed by atoms with E-state index < -0.39 is 0 Å². The van der Waals surface area contributed by atoms with E-state index in [1.165, 1.54) is 5.56 Å². The molecule has 0 atom stereocenters. The molecular weight excluding hydrogens is 476 g/mol. The summed E-state index contributed by atoms with van der Waals surface area (Å²) in [5, 5.41) is 4.19. The quantitative estimate of drug-likeness (QED) is 0.305. The monoisotopic (exact) mass is 510 g/mol. The smallest absolute Gasteiger partial charge is 0.257 e. The highest BCUT2D eigenvalue weighted by Crippen LogP contribution is 2.23. The fourth-order valence-corrected chi connectivity index (χ4v) is 4.94. The molecule has 0 radical (unpaired) electrons. The maximum atomic E-state index is 13.6. The lowest BCUT2D eigenvalue weighted by molar-refractivity contribution is -0.134. The van der Waals surface area contributed by atoms with Crippen molar-refractivity contribution in [3.63, 3.8) is 0 Å². The molecular formula is C31H34N4O3. The molecule has 1 amide bonds. The first-order valence-electron chi connectivity index (χ1n) is 13.2. The summed E-state index contributed by atoms with van der Waals surface area (Å²) < 4.78 is 10.7. The summed E-state index contributed by atoms with van der Waals surface area (Å²) in [5.41, 5.74) is 4.29. The average Bonchev–Trinajstić information content (AvgIpc) is 3.42. The minimum absolute atomic E-state index is 0.153. The van der Waals surface area contributed by atoms with Crippen LogP contribution in [0, 0.1) is 6.92 Å². The number of amides is 1.